The summed E-state index contributed by atoms with van der Waals surface area (Å²) in [6.45, 7) is 0. The molecular formula is C15H28N2O. The fourth-order valence-electron chi connectivity index (χ4n) is 3.48. The second-order valence-electron chi connectivity index (χ2n) is 6.23. The van der Waals surface area contributed by atoms with Gasteiger partial charge < -0.3 is 11.1 Å². The van der Waals surface area contributed by atoms with Gasteiger partial charge in [-0.2, -0.15) is 0 Å². The summed E-state index contributed by atoms with van der Waals surface area (Å²) in [6, 6.07) is 0.838. The maximum Gasteiger partial charge on any atom is 0.220 e. The highest BCUT2D eigenvalue weighted by Crippen LogP contribution is 2.27. The highest BCUT2D eigenvalue weighted by Gasteiger charge is 2.21. The van der Waals surface area contributed by atoms with Crippen LogP contribution in [0.25, 0.3) is 0 Å². The molecule has 0 bridgehead atoms. The second-order valence-corrected chi connectivity index (χ2v) is 6.23. The third kappa shape index (κ3) is 4.60. The number of amides is 1. The molecule has 2 fully saturated rings. The normalized spacial score (nSPS) is 30.1. The Labute approximate surface area is 111 Å². The predicted molar refractivity (Wildman–Crippen MR) is 74.2 cm³/mol. The van der Waals surface area contributed by atoms with E-state index in [0.717, 1.165) is 12.8 Å². The van der Waals surface area contributed by atoms with Crippen LogP contribution in [0, 0.1) is 5.92 Å². The number of nitrogens with two attached hydrogens (primary N) is 1. The Hall–Kier alpha value is -0.570. The van der Waals surface area contributed by atoms with Crippen LogP contribution in [0.15, 0.2) is 0 Å². The van der Waals surface area contributed by atoms with Gasteiger partial charge in [-0.15, -0.1) is 0 Å². The molecule has 18 heavy (non-hydrogen) atoms. The summed E-state index contributed by atoms with van der Waals surface area (Å²) in [5.41, 5.74) is 5.98. The van der Waals surface area contributed by atoms with Crippen molar-refractivity contribution in [2.75, 3.05) is 0 Å². The van der Waals surface area contributed by atoms with Crippen LogP contribution in [0.4, 0.5) is 0 Å². The Morgan fingerprint density at radius 2 is 1.83 bits per heavy atom. The van der Waals surface area contributed by atoms with Gasteiger partial charge in [-0.1, -0.05) is 32.1 Å². The molecule has 0 aromatic rings. The highest BCUT2D eigenvalue weighted by molar-refractivity contribution is 5.76. The maximum atomic E-state index is 11.9. The monoisotopic (exact) mass is 252 g/mol. The van der Waals surface area contributed by atoms with Crippen LogP contribution in [-0.4, -0.2) is 18.0 Å². The van der Waals surface area contributed by atoms with Crippen molar-refractivity contribution in [2.45, 2.75) is 82.7 Å². The summed E-state index contributed by atoms with van der Waals surface area (Å²) in [7, 11) is 0. The van der Waals surface area contributed by atoms with Crippen molar-refractivity contribution in [3.05, 3.63) is 0 Å². The van der Waals surface area contributed by atoms with Crippen molar-refractivity contribution in [2.24, 2.45) is 11.7 Å². The minimum absolute atomic E-state index is 0.265. The van der Waals surface area contributed by atoms with Gasteiger partial charge in [0.25, 0.3) is 0 Å². The van der Waals surface area contributed by atoms with Crippen molar-refractivity contribution in [3.63, 3.8) is 0 Å². The molecule has 2 rings (SSSR count). The Bertz CT molecular complexity index is 261. The summed E-state index contributed by atoms with van der Waals surface area (Å²) in [6.07, 6.45) is 12.8. The van der Waals surface area contributed by atoms with Gasteiger partial charge in [0.2, 0.25) is 5.91 Å². The molecule has 2 atom stereocenters. The van der Waals surface area contributed by atoms with E-state index in [2.05, 4.69) is 5.32 Å². The number of hydrogen-bond donors (Lipinski definition) is 2. The number of nitrogens with one attached hydrogen (secondary N) is 1. The Morgan fingerprint density at radius 1 is 1.06 bits per heavy atom. The lowest BCUT2D eigenvalue weighted by molar-refractivity contribution is -0.122. The largest absolute Gasteiger partial charge is 0.353 e. The molecule has 0 spiro atoms. The summed E-state index contributed by atoms with van der Waals surface area (Å²) < 4.78 is 0. The molecule has 3 heteroatoms. The molecule has 0 radical (unpaired) electrons. The van der Waals surface area contributed by atoms with E-state index in [-0.39, 0.29) is 5.91 Å². The first-order chi connectivity index (χ1) is 8.74. The highest BCUT2D eigenvalue weighted by atomic mass is 16.1. The molecule has 104 valence electrons. The van der Waals surface area contributed by atoms with E-state index in [0.29, 0.717) is 24.4 Å². The van der Waals surface area contributed by atoms with E-state index in [1.54, 1.807) is 0 Å². The molecule has 1 amide bonds. The lowest BCUT2D eigenvalue weighted by atomic mass is 9.83. The van der Waals surface area contributed by atoms with Gasteiger partial charge in [0.15, 0.2) is 0 Å². The first kappa shape index (κ1) is 13.9. The molecule has 0 heterocycles. The molecule has 0 aliphatic heterocycles. The number of carbonyl (C=O) groups is 1. The standard InChI is InChI=1S/C15H28N2O/c16-13-6-4-5-12(11-13)9-10-15(18)17-14-7-2-1-3-8-14/h12-14H,1-11,16H2,(H,17,18). The molecule has 3 N–H and O–H groups in total. The van der Waals surface area contributed by atoms with Crippen LogP contribution < -0.4 is 11.1 Å². The van der Waals surface area contributed by atoms with Gasteiger partial charge in [0.05, 0.1) is 0 Å². The number of hydrogen-bond acceptors (Lipinski definition) is 2. The first-order valence-corrected chi connectivity index (χ1v) is 7.79. The van der Waals surface area contributed by atoms with Gasteiger partial charge in [-0.25, -0.2) is 0 Å². The lowest BCUT2D eigenvalue weighted by Crippen LogP contribution is -2.36. The summed E-state index contributed by atoms with van der Waals surface area (Å²) in [5.74, 6) is 0.951. The predicted octanol–water partition coefficient (Wildman–Crippen LogP) is 2.73. The van der Waals surface area contributed by atoms with Crippen molar-refractivity contribution in [3.8, 4) is 0 Å². The fraction of sp³-hybridized carbons (Fsp3) is 0.933. The van der Waals surface area contributed by atoms with Gasteiger partial charge in [0, 0.05) is 18.5 Å². The minimum atomic E-state index is 0.265. The molecule has 0 aromatic carbocycles. The first-order valence-electron chi connectivity index (χ1n) is 7.79. The summed E-state index contributed by atoms with van der Waals surface area (Å²) in [4.78, 5) is 11.9. The summed E-state index contributed by atoms with van der Waals surface area (Å²) in [5, 5.41) is 3.20. The Morgan fingerprint density at radius 3 is 2.56 bits per heavy atom. The quantitative estimate of drug-likeness (QED) is 0.808. The topological polar surface area (TPSA) is 55.1 Å². The van der Waals surface area contributed by atoms with E-state index >= 15 is 0 Å². The molecule has 2 unspecified atom stereocenters. The van der Waals surface area contributed by atoms with E-state index in [1.165, 1.54) is 51.4 Å². The smallest absolute Gasteiger partial charge is 0.220 e. The van der Waals surface area contributed by atoms with Gasteiger partial charge >= 0.3 is 0 Å². The minimum Gasteiger partial charge on any atom is -0.353 e. The zero-order chi connectivity index (χ0) is 12.8. The van der Waals surface area contributed by atoms with Gasteiger partial charge in [-0.05, 0) is 38.0 Å². The third-order valence-electron chi connectivity index (χ3n) is 4.57. The zero-order valence-corrected chi connectivity index (χ0v) is 11.5. The average Bonchev–Trinajstić information content (AvgIpc) is 2.38. The Kier molecular flexibility index (Phi) is 5.48. The molecular weight excluding hydrogens is 224 g/mol. The van der Waals surface area contributed by atoms with Crippen molar-refractivity contribution < 1.29 is 4.79 Å². The van der Waals surface area contributed by atoms with Crippen LogP contribution in [0.2, 0.25) is 0 Å². The van der Waals surface area contributed by atoms with Crippen LogP contribution in [0.5, 0.6) is 0 Å². The van der Waals surface area contributed by atoms with Crippen molar-refractivity contribution in [1.82, 2.24) is 5.32 Å². The second kappa shape index (κ2) is 7.13. The average molecular weight is 252 g/mol. The van der Waals surface area contributed by atoms with E-state index in [1.807, 2.05) is 0 Å². The maximum absolute atomic E-state index is 11.9. The van der Waals surface area contributed by atoms with E-state index in [9.17, 15) is 4.79 Å². The molecule has 0 aromatic heterocycles. The summed E-state index contributed by atoms with van der Waals surface area (Å²) >= 11 is 0. The molecule has 0 saturated heterocycles. The van der Waals surface area contributed by atoms with Crippen LogP contribution in [0.3, 0.4) is 0 Å². The van der Waals surface area contributed by atoms with Gasteiger partial charge in [0.1, 0.15) is 0 Å². The number of carbonyl (C=O) groups excluding carboxylic acids is 1. The van der Waals surface area contributed by atoms with Crippen LogP contribution >= 0.6 is 0 Å². The molecule has 2 aliphatic rings. The van der Waals surface area contributed by atoms with Crippen LogP contribution in [-0.2, 0) is 4.79 Å². The van der Waals surface area contributed by atoms with E-state index in [4.69, 9.17) is 5.73 Å². The zero-order valence-electron chi connectivity index (χ0n) is 11.5. The van der Waals surface area contributed by atoms with E-state index < -0.39 is 0 Å². The van der Waals surface area contributed by atoms with Crippen molar-refractivity contribution in [1.29, 1.82) is 0 Å². The molecule has 2 aliphatic carbocycles. The fourth-order valence-corrected chi connectivity index (χ4v) is 3.48. The number of rotatable bonds is 4. The molecule has 3 nitrogen and oxygen atoms in total. The molecule has 2 saturated carbocycles. The lowest BCUT2D eigenvalue weighted by Gasteiger charge is -2.27. The third-order valence-corrected chi connectivity index (χ3v) is 4.57. The van der Waals surface area contributed by atoms with Crippen LogP contribution in [0.1, 0.15) is 70.6 Å². The van der Waals surface area contributed by atoms with Crippen molar-refractivity contribution >= 4 is 5.91 Å². The SMILES string of the molecule is NC1CCCC(CCC(=O)NC2CCCCC2)C1. The Balaban J connectivity index is 1.61. The van der Waals surface area contributed by atoms with Gasteiger partial charge in [-0.3, -0.25) is 4.79 Å².